The molecular weight excluding hydrogens is 246 g/mol. The molecule has 0 heterocycles. The fourth-order valence-electron chi connectivity index (χ4n) is 2.81. The maximum atomic E-state index is 12.3. The lowest BCUT2D eigenvalue weighted by atomic mass is 9.83. The second kappa shape index (κ2) is 7.72. The van der Waals surface area contributed by atoms with Crippen molar-refractivity contribution in [1.82, 2.24) is 5.32 Å². The zero-order valence-electron chi connectivity index (χ0n) is 12.1. The van der Waals surface area contributed by atoms with Crippen molar-refractivity contribution in [3.05, 3.63) is 53.8 Å². The number of amides is 1. The second-order valence-corrected chi connectivity index (χ2v) is 5.39. The predicted molar refractivity (Wildman–Crippen MR) is 82.6 cm³/mol. The smallest absolute Gasteiger partial charge is 0.251 e. The van der Waals surface area contributed by atoms with Gasteiger partial charge in [-0.1, -0.05) is 37.5 Å². The van der Waals surface area contributed by atoms with Crippen LogP contribution in [0.3, 0.4) is 0 Å². The largest absolute Gasteiger partial charge is 0.345 e. The third kappa shape index (κ3) is 4.11. The van der Waals surface area contributed by atoms with Gasteiger partial charge in [0.25, 0.3) is 5.91 Å². The highest BCUT2D eigenvalue weighted by atomic mass is 16.1. The lowest BCUT2D eigenvalue weighted by molar-refractivity contribution is 0.0927. The van der Waals surface area contributed by atoms with Gasteiger partial charge in [-0.05, 0) is 50.0 Å². The van der Waals surface area contributed by atoms with E-state index in [9.17, 15) is 4.79 Å². The third-order valence-corrected chi connectivity index (χ3v) is 3.93. The Morgan fingerprint density at radius 3 is 2.60 bits per heavy atom. The van der Waals surface area contributed by atoms with Gasteiger partial charge in [0.1, 0.15) is 0 Å². The number of carbonyl (C=O) groups excluding carboxylic acids is 1. The molecule has 1 aliphatic rings. The molecule has 0 radical (unpaired) electrons. The first-order valence-electron chi connectivity index (χ1n) is 7.54. The van der Waals surface area contributed by atoms with Gasteiger partial charge in [0.15, 0.2) is 0 Å². The van der Waals surface area contributed by atoms with E-state index in [2.05, 4.69) is 11.0 Å². The number of benzene rings is 1. The molecule has 2 nitrogen and oxygen atoms in total. The van der Waals surface area contributed by atoms with Crippen molar-refractivity contribution in [3.8, 4) is 0 Å². The Morgan fingerprint density at radius 1 is 1.25 bits per heavy atom. The lowest BCUT2D eigenvalue weighted by Crippen LogP contribution is -2.39. The maximum absolute atomic E-state index is 12.3. The van der Waals surface area contributed by atoms with Gasteiger partial charge in [-0.2, -0.15) is 0 Å². The number of nitrogens with one attached hydrogen (secondary N) is 1. The van der Waals surface area contributed by atoms with Gasteiger partial charge in [-0.15, -0.1) is 5.73 Å². The summed E-state index contributed by atoms with van der Waals surface area (Å²) in [5.41, 5.74) is 3.86. The van der Waals surface area contributed by atoms with Gasteiger partial charge in [0.05, 0.1) is 6.04 Å². The molecule has 1 amide bonds. The van der Waals surface area contributed by atoms with Crippen LogP contribution >= 0.6 is 0 Å². The minimum Gasteiger partial charge on any atom is -0.345 e. The van der Waals surface area contributed by atoms with Gasteiger partial charge in [0.2, 0.25) is 0 Å². The highest BCUT2D eigenvalue weighted by Crippen LogP contribution is 2.27. The molecule has 2 rings (SSSR count). The van der Waals surface area contributed by atoms with Crippen LogP contribution in [0.15, 0.2) is 48.2 Å². The van der Waals surface area contributed by atoms with Crippen LogP contribution in [0.4, 0.5) is 0 Å². The molecule has 1 fully saturated rings. The Kier molecular flexibility index (Phi) is 5.64. The van der Waals surface area contributed by atoms with E-state index in [1.807, 2.05) is 49.4 Å². The van der Waals surface area contributed by atoms with E-state index in [-0.39, 0.29) is 11.9 Å². The minimum absolute atomic E-state index is 0.00956. The SMILES string of the molecule is CC=C=C[C@H](NC(=O)c1ccccc1)C1CCCCC1. The number of hydrogen-bond acceptors (Lipinski definition) is 1. The maximum Gasteiger partial charge on any atom is 0.251 e. The van der Waals surface area contributed by atoms with Gasteiger partial charge >= 0.3 is 0 Å². The molecule has 0 bridgehead atoms. The van der Waals surface area contributed by atoms with Crippen LogP contribution in [-0.4, -0.2) is 11.9 Å². The predicted octanol–water partition coefficient (Wildman–Crippen LogP) is 4.10. The van der Waals surface area contributed by atoms with Crippen molar-refractivity contribution in [2.24, 2.45) is 5.92 Å². The van der Waals surface area contributed by atoms with Crippen LogP contribution in [0.1, 0.15) is 49.4 Å². The van der Waals surface area contributed by atoms with Crippen molar-refractivity contribution in [2.75, 3.05) is 0 Å². The molecule has 1 aromatic carbocycles. The van der Waals surface area contributed by atoms with Crippen molar-refractivity contribution in [1.29, 1.82) is 0 Å². The van der Waals surface area contributed by atoms with Crippen LogP contribution in [0.2, 0.25) is 0 Å². The molecule has 1 aromatic rings. The van der Waals surface area contributed by atoms with Gasteiger partial charge in [-0.25, -0.2) is 0 Å². The second-order valence-electron chi connectivity index (χ2n) is 5.39. The highest BCUT2D eigenvalue weighted by Gasteiger charge is 2.23. The third-order valence-electron chi connectivity index (χ3n) is 3.93. The monoisotopic (exact) mass is 269 g/mol. The van der Waals surface area contributed by atoms with Gasteiger partial charge in [0, 0.05) is 5.56 Å². The summed E-state index contributed by atoms with van der Waals surface area (Å²) in [4.78, 5) is 12.3. The Balaban J connectivity index is 2.07. The lowest BCUT2D eigenvalue weighted by Gasteiger charge is -2.28. The Labute approximate surface area is 121 Å². The summed E-state index contributed by atoms with van der Waals surface area (Å²) in [6.45, 7) is 1.95. The first-order valence-corrected chi connectivity index (χ1v) is 7.54. The van der Waals surface area contributed by atoms with E-state index in [1.54, 1.807) is 0 Å². The number of rotatable bonds is 4. The van der Waals surface area contributed by atoms with Crippen LogP contribution < -0.4 is 5.32 Å². The van der Waals surface area contributed by atoms with E-state index in [4.69, 9.17) is 0 Å². The van der Waals surface area contributed by atoms with E-state index < -0.39 is 0 Å². The van der Waals surface area contributed by atoms with Gasteiger partial charge in [-0.3, -0.25) is 4.79 Å². The number of carbonyl (C=O) groups is 1. The van der Waals surface area contributed by atoms with Crippen LogP contribution in [0.25, 0.3) is 0 Å². The molecule has 0 unspecified atom stereocenters. The quantitative estimate of drug-likeness (QED) is 0.819. The highest BCUT2D eigenvalue weighted by molar-refractivity contribution is 5.94. The molecule has 1 N–H and O–H groups in total. The topological polar surface area (TPSA) is 29.1 Å². The Morgan fingerprint density at radius 2 is 1.95 bits per heavy atom. The zero-order valence-corrected chi connectivity index (χ0v) is 12.1. The molecule has 0 saturated heterocycles. The summed E-state index contributed by atoms with van der Waals surface area (Å²) < 4.78 is 0. The van der Waals surface area contributed by atoms with E-state index >= 15 is 0 Å². The number of hydrogen-bond donors (Lipinski definition) is 1. The molecule has 0 spiro atoms. The molecule has 0 aromatic heterocycles. The molecule has 106 valence electrons. The minimum atomic E-state index is 0.00956. The van der Waals surface area contributed by atoms with Gasteiger partial charge < -0.3 is 5.32 Å². The van der Waals surface area contributed by atoms with E-state index in [1.165, 1.54) is 32.1 Å². The Bertz CT molecular complexity index is 479. The molecular formula is C18H23NO. The van der Waals surface area contributed by atoms with Crippen molar-refractivity contribution in [2.45, 2.75) is 45.1 Å². The molecule has 2 heteroatoms. The molecule has 1 aliphatic carbocycles. The molecule has 1 atom stereocenters. The summed E-state index contributed by atoms with van der Waals surface area (Å²) in [6, 6.07) is 9.52. The van der Waals surface area contributed by atoms with Crippen LogP contribution in [0, 0.1) is 5.92 Å². The average Bonchev–Trinajstić information content (AvgIpc) is 2.53. The Hall–Kier alpha value is -1.79. The van der Waals surface area contributed by atoms with Crippen LogP contribution in [-0.2, 0) is 0 Å². The summed E-state index contributed by atoms with van der Waals surface area (Å²) >= 11 is 0. The average molecular weight is 269 g/mol. The molecule has 0 aliphatic heterocycles. The van der Waals surface area contributed by atoms with Crippen molar-refractivity contribution < 1.29 is 4.79 Å². The van der Waals surface area contributed by atoms with Crippen LogP contribution in [0.5, 0.6) is 0 Å². The summed E-state index contributed by atoms with van der Waals surface area (Å²) in [5, 5.41) is 3.16. The molecule has 1 saturated carbocycles. The molecule has 20 heavy (non-hydrogen) atoms. The fraction of sp³-hybridized carbons (Fsp3) is 0.444. The van der Waals surface area contributed by atoms with E-state index in [0.29, 0.717) is 5.92 Å². The summed E-state index contributed by atoms with van der Waals surface area (Å²) in [5.74, 6) is 0.555. The normalized spacial score (nSPS) is 16.9. The van der Waals surface area contributed by atoms with Crippen molar-refractivity contribution in [3.63, 3.8) is 0 Å². The first-order chi connectivity index (χ1) is 9.81. The fourth-order valence-corrected chi connectivity index (χ4v) is 2.81. The zero-order chi connectivity index (χ0) is 14.2. The summed E-state index contributed by atoms with van der Waals surface area (Å²) in [7, 11) is 0. The van der Waals surface area contributed by atoms with E-state index in [0.717, 1.165) is 5.56 Å². The van der Waals surface area contributed by atoms with Crippen molar-refractivity contribution >= 4 is 5.91 Å². The first kappa shape index (κ1) is 14.6. The standard InChI is InChI=1S/C18H23NO/c1-2-3-14-17(15-10-6-4-7-11-15)19-18(20)16-12-8-5-9-13-16/h2,5,8-9,12-15,17H,4,6-7,10-11H2,1H3,(H,19,20)/t3?,17-/m0/s1. The summed E-state index contributed by atoms with van der Waals surface area (Å²) in [6.07, 6.45) is 10.2.